The number of ether oxygens (including phenoxy) is 1. The number of hydrogen-bond acceptors (Lipinski definition) is 3. The molecule has 94 valence electrons. The van der Waals surface area contributed by atoms with Gasteiger partial charge in [0.25, 0.3) is 0 Å². The van der Waals surface area contributed by atoms with Crippen LogP contribution >= 0.6 is 0 Å². The molecule has 1 N–H and O–H groups in total. The number of carbonyl (C=O) groups is 1. The van der Waals surface area contributed by atoms with Crippen LogP contribution in [0.5, 0.6) is 5.75 Å². The summed E-state index contributed by atoms with van der Waals surface area (Å²) in [5.74, 6) is 0.435. The Morgan fingerprint density at radius 3 is 2.88 bits per heavy atom. The monoisotopic (exact) mass is 236 g/mol. The third-order valence-electron chi connectivity index (χ3n) is 2.46. The highest BCUT2D eigenvalue weighted by Crippen LogP contribution is 2.16. The van der Waals surface area contributed by atoms with Crippen molar-refractivity contribution in [2.45, 2.75) is 39.0 Å². The highest BCUT2D eigenvalue weighted by molar-refractivity contribution is 5.72. The third kappa shape index (κ3) is 5.50. The standard InChI is InChI=1S/C14H20O3/c1-2-6-14(16)17-13-9-5-8-12(11-13)7-3-4-10-15/h5,8-9,11,15H,2-4,6-7,10H2,1H3. The number of aliphatic hydroxyl groups excluding tert-OH is 1. The van der Waals surface area contributed by atoms with Crippen molar-refractivity contribution in [3.8, 4) is 5.75 Å². The molecule has 3 heteroatoms. The first-order valence-corrected chi connectivity index (χ1v) is 6.16. The Morgan fingerprint density at radius 2 is 2.18 bits per heavy atom. The van der Waals surface area contributed by atoms with Crippen LogP contribution in [0.4, 0.5) is 0 Å². The molecule has 0 aromatic heterocycles. The molecule has 1 aromatic rings. The Hall–Kier alpha value is -1.35. The molecule has 0 spiro atoms. The first kappa shape index (κ1) is 13.7. The first-order valence-electron chi connectivity index (χ1n) is 6.16. The van der Waals surface area contributed by atoms with Gasteiger partial charge in [-0.15, -0.1) is 0 Å². The Balaban J connectivity index is 2.50. The average Bonchev–Trinajstić information content (AvgIpc) is 2.30. The van der Waals surface area contributed by atoms with E-state index in [0.717, 1.165) is 31.2 Å². The van der Waals surface area contributed by atoms with E-state index in [9.17, 15) is 4.79 Å². The summed E-state index contributed by atoms with van der Waals surface area (Å²) in [6.45, 7) is 2.18. The summed E-state index contributed by atoms with van der Waals surface area (Å²) in [5.41, 5.74) is 1.14. The highest BCUT2D eigenvalue weighted by atomic mass is 16.5. The number of unbranched alkanes of at least 4 members (excludes halogenated alkanes) is 1. The number of aliphatic hydroxyl groups is 1. The molecular weight excluding hydrogens is 216 g/mol. The lowest BCUT2D eigenvalue weighted by Gasteiger charge is -2.06. The van der Waals surface area contributed by atoms with Crippen molar-refractivity contribution in [1.29, 1.82) is 0 Å². The predicted molar refractivity (Wildman–Crippen MR) is 67.0 cm³/mol. The summed E-state index contributed by atoms with van der Waals surface area (Å²) in [6, 6.07) is 7.59. The number of aryl methyl sites for hydroxylation is 1. The van der Waals surface area contributed by atoms with Crippen molar-refractivity contribution in [2.24, 2.45) is 0 Å². The molecule has 1 rings (SSSR count). The Morgan fingerprint density at radius 1 is 1.35 bits per heavy atom. The van der Waals surface area contributed by atoms with Crippen molar-refractivity contribution in [3.63, 3.8) is 0 Å². The zero-order valence-electron chi connectivity index (χ0n) is 10.3. The van der Waals surface area contributed by atoms with Crippen molar-refractivity contribution in [3.05, 3.63) is 29.8 Å². The average molecular weight is 236 g/mol. The van der Waals surface area contributed by atoms with Crippen LogP contribution in [-0.2, 0) is 11.2 Å². The van der Waals surface area contributed by atoms with E-state index in [-0.39, 0.29) is 12.6 Å². The maximum Gasteiger partial charge on any atom is 0.311 e. The summed E-state index contributed by atoms with van der Waals surface area (Å²) in [4.78, 5) is 11.3. The van der Waals surface area contributed by atoms with Crippen LogP contribution < -0.4 is 4.74 Å². The number of hydrogen-bond donors (Lipinski definition) is 1. The molecule has 0 fully saturated rings. The van der Waals surface area contributed by atoms with Gasteiger partial charge >= 0.3 is 5.97 Å². The van der Waals surface area contributed by atoms with Crippen LogP contribution in [-0.4, -0.2) is 17.7 Å². The van der Waals surface area contributed by atoms with Crippen LogP contribution in [0, 0.1) is 0 Å². The Kier molecular flexibility index (Phi) is 6.33. The Labute approximate surface area is 102 Å². The van der Waals surface area contributed by atoms with Gasteiger partial charge in [-0.05, 0) is 43.4 Å². The third-order valence-corrected chi connectivity index (χ3v) is 2.46. The fourth-order valence-corrected chi connectivity index (χ4v) is 1.59. The van der Waals surface area contributed by atoms with Crippen LogP contribution in [0.1, 0.15) is 38.2 Å². The molecular formula is C14H20O3. The summed E-state index contributed by atoms with van der Waals surface area (Å²) >= 11 is 0. The highest BCUT2D eigenvalue weighted by Gasteiger charge is 2.03. The predicted octanol–water partition coefficient (Wildman–Crippen LogP) is 2.71. The van der Waals surface area contributed by atoms with E-state index in [1.54, 1.807) is 6.07 Å². The number of esters is 1. The molecule has 0 atom stereocenters. The maximum atomic E-state index is 11.3. The van der Waals surface area contributed by atoms with Gasteiger partial charge in [-0.3, -0.25) is 4.79 Å². The quantitative estimate of drug-likeness (QED) is 0.450. The second-order valence-electron chi connectivity index (χ2n) is 4.05. The summed E-state index contributed by atoms with van der Waals surface area (Å²) in [7, 11) is 0. The molecule has 0 aliphatic rings. The minimum Gasteiger partial charge on any atom is -0.427 e. The van der Waals surface area contributed by atoms with Crippen molar-refractivity contribution >= 4 is 5.97 Å². The fourth-order valence-electron chi connectivity index (χ4n) is 1.59. The lowest BCUT2D eigenvalue weighted by molar-refractivity contribution is -0.134. The van der Waals surface area contributed by atoms with Gasteiger partial charge in [-0.1, -0.05) is 19.1 Å². The zero-order valence-corrected chi connectivity index (χ0v) is 10.3. The summed E-state index contributed by atoms with van der Waals surface area (Å²) in [6.07, 6.45) is 3.91. The molecule has 0 aliphatic carbocycles. The van der Waals surface area contributed by atoms with Crippen molar-refractivity contribution < 1.29 is 14.6 Å². The number of benzene rings is 1. The van der Waals surface area contributed by atoms with Gasteiger partial charge in [0.15, 0.2) is 0 Å². The van der Waals surface area contributed by atoms with E-state index >= 15 is 0 Å². The molecule has 0 heterocycles. The molecule has 1 aromatic carbocycles. The summed E-state index contributed by atoms with van der Waals surface area (Å²) < 4.78 is 5.21. The molecule has 17 heavy (non-hydrogen) atoms. The summed E-state index contributed by atoms with van der Waals surface area (Å²) in [5, 5.41) is 8.71. The van der Waals surface area contributed by atoms with Crippen LogP contribution in [0.25, 0.3) is 0 Å². The van der Waals surface area contributed by atoms with Crippen LogP contribution in [0.15, 0.2) is 24.3 Å². The second-order valence-corrected chi connectivity index (χ2v) is 4.05. The van der Waals surface area contributed by atoms with Gasteiger partial charge in [-0.2, -0.15) is 0 Å². The smallest absolute Gasteiger partial charge is 0.311 e. The van der Waals surface area contributed by atoms with E-state index in [1.165, 1.54) is 0 Å². The van der Waals surface area contributed by atoms with E-state index < -0.39 is 0 Å². The molecule has 0 aliphatic heterocycles. The normalized spacial score (nSPS) is 10.2. The molecule has 0 bridgehead atoms. The molecule has 0 radical (unpaired) electrons. The topological polar surface area (TPSA) is 46.5 Å². The van der Waals surface area contributed by atoms with Crippen LogP contribution in [0.2, 0.25) is 0 Å². The van der Waals surface area contributed by atoms with Gasteiger partial charge in [-0.25, -0.2) is 0 Å². The van der Waals surface area contributed by atoms with E-state index in [4.69, 9.17) is 9.84 Å². The molecule has 0 amide bonds. The fraction of sp³-hybridized carbons (Fsp3) is 0.500. The molecule has 0 saturated carbocycles. The molecule has 0 saturated heterocycles. The van der Waals surface area contributed by atoms with Gasteiger partial charge in [0, 0.05) is 13.0 Å². The minimum absolute atomic E-state index is 0.181. The largest absolute Gasteiger partial charge is 0.427 e. The van der Waals surface area contributed by atoms with Crippen molar-refractivity contribution in [2.75, 3.05) is 6.61 Å². The lowest BCUT2D eigenvalue weighted by atomic mass is 10.1. The lowest BCUT2D eigenvalue weighted by Crippen LogP contribution is -2.06. The molecule has 3 nitrogen and oxygen atoms in total. The van der Waals surface area contributed by atoms with E-state index in [2.05, 4.69) is 0 Å². The first-order chi connectivity index (χ1) is 8.26. The Bertz CT molecular complexity index is 347. The number of carbonyl (C=O) groups excluding carboxylic acids is 1. The van der Waals surface area contributed by atoms with Gasteiger partial charge in [0.05, 0.1) is 0 Å². The zero-order chi connectivity index (χ0) is 12.5. The SMILES string of the molecule is CCCC(=O)Oc1cccc(CCCCO)c1. The van der Waals surface area contributed by atoms with Crippen LogP contribution in [0.3, 0.4) is 0 Å². The van der Waals surface area contributed by atoms with E-state index in [1.807, 2.05) is 25.1 Å². The van der Waals surface area contributed by atoms with Gasteiger partial charge < -0.3 is 9.84 Å². The van der Waals surface area contributed by atoms with E-state index in [0.29, 0.717) is 12.2 Å². The van der Waals surface area contributed by atoms with Crippen molar-refractivity contribution in [1.82, 2.24) is 0 Å². The van der Waals surface area contributed by atoms with Gasteiger partial charge in [0.1, 0.15) is 5.75 Å². The number of rotatable bonds is 7. The second kappa shape index (κ2) is 7.85. The maximum absolute atomic E-state index is 11.3. The minimum atomic E-state index is -0.181. The molecule has 0 unspecified atom stereocenters. The van der Waals surface area contributed by atoms with Gasteiger partial charge in [0.2, 0.25) is 0 Å².